The molecule has 4 aromatic rings. The molecule has 0 aliphatic rings. The standard InChI is InChI=1S/C27H25Cl2N3O2/c1-17-4-5-18(2)25(14-17)32-26(16-24(31-32)20-7-10-22(34-3)11-8-20)27(33)30-13-12-19-6-9-21(28)15-23(19)29/h4-11,14-16H,12-13H2,1-3H3,(H,30,33). The van der Waals surface area contributed by atoms with Crippen molar-refractivity contribution in [2.24, 2.45) is 0 Å². The lowest BCUT2D eigenvalue weighted by atomic mass is 10.1. The van der Waals surface area contributed by atoms with E-state index >= 15 is 0 Å². The lowest BCUT2D eigenvalue weighted by Gasteiger charge is -2.12. The highest BCUT2D eigenvalue weighted by Gasteiger charge is 2.19. The molecule has 7 heteroatoms. The highest BCUT2D eigenvalue weighted by Crippen LogP contribution is 2.26. The summed E-state index contributed by atoms with van der Waals surface area (Å²) in [6.07, 6.45) is 0.588. The summed E-state index contributed by atoms with van der Waals surface area (Å²) >= 11 is 12.3. The van der Waals surface area contributed by atoms with Crippen molar-refractivity contribution in [3.8, 4) is 22.7 Å². The van der Waals surface area contributed by atoms with E-state index in [0.29, 0.717) is 34.4 Å². The van der Waals surface area contributed by atoms with Crippen molar-refractivity contribution in [1.29, 1.82) is 0 Å². The zero-order valence-corrected chi connectivity index (χ0v) is 20.7. The van der Waals surface area contributed by atoms with Crippen LogP contribution in [0.15, 0.2) is 66.7 Å². The zero-order chi connectivity index (χ0) is 24.2. The fourth-order valence-corrected chi connectivity index (χ4v) is 4.21. The van der Waals surface area contributed by atoms with Gasteiger partial charge in [-0.1, -0.05) is 41.4 Å². The van der Waals surface area contributed by atoms with Crippen LogP contribution in [0.5, 0.6) is 5.75 Å². The van der Waals surface area contributed by atoms with Crippen LogP contribution in [0, 0.1) is 13.8 Å². The maximum Gasteiger partial charge on any atom is 0.270 e. The Labute approximate surface area is 209 Å². The number of aromatic nitrogens is 2. The minimum atomic E-state index is -0.210. The number of hydrogen-bond acceptors (Lipinski definition) is 3. The Bertz CT molecular complexity index is 1330. The van der Waals surface area contributed by atoms with E-state index in [1.807, 2.05) is 68.4 Å². The highest BCUT2D eigenvalue weighted by molar-refractivity contribution is 6.35. The number of benzene rings is 3. The van der Waals surface area contributed by atoms with Gasteiger partial charge in [0.05, 0.1) is 18.5 Å². The summed E-state index contributed by atoms with van der Waals surface area (Å²) in [4.78, 5) is 13.3. The lowest BCUT2D eigenvalue weighted by Crippen LogP contribution is -2.28. The van der Waals surface area contributed by atoms with E-state index in [9.17, 15) is 4.79 Å². The topological polar surface area (TPSA) is 56.1 Å². The number of hydrogen-bond donors (Lipinski definition) is 1. The lowest BCUT2D eigenvalue weighted by molar-refractivity contribution is 0.0946. The SMILES string of the molecule is COc1ccc(-c2cc(C(=O)NCCc3ccc(Cl)cc3Cl)n(-c3cc(C)ccc3C)n2)cc1. The Hall–Kier alpha value is -3.28. The normalized spacial score (nSPS) is 10.9. The molecule has 0 spiro atoms. The third kappa shape index (κ3) is 5.27. The molecule has 5 nitrogen and oxygen atoms in total. The van der Waals surface area contributed by atoms with Gasteiger partial charge in [0.15, 0.2) is 0 Å². The number of methoxy groups -OCH3 is 1. The monoisotopic (exact) mass is 493 g/mol. The van der Waals surface area contributed by atoms with Crippen LogP contribution >= 0.6 is 23.2 Å². The summed E-state index contributed by atoms with van der Waals surface area (Å²) in [6, 6.07) is 20.9. The first-order chi connectivity index (χ1) is 16.4. The molecule has 1 N–H and O–H groups in total. The van der Waals surface area contributed by atoms with E-state index in [-0.39, 0.29) is 5.91 Å². The third-order valence-electron chi connectivity index (χ3n) is 5.62. The minimum Gasteiger partial charge on any atom is -0.497 e. The van der Waals surface area contributed by atoms with Gasteiger partial charge in [0, 0.05) is 22.2 Å². The molecule has 174 valence electrons. The van der Waals surface area contributed by atoms with Crippen LogP contribution in [0.1, 0.15) is 27.2 Å². The zero-order valence-electron chi connectivity index (χ0n) is 19.2. The van der Waals surface area contributed by atoms with E-state index in [1.165, 1.54) is 0 Å². The third-order valence-corrected chi connectivity index (χ3v) is 6.20. The molecule has 1 heterocycles. The second kappa shape index (κ2) is 10.3. The van der Waals surface area contributed by atoms with Crippen LogP contribution in [0.3, 0.4) is 0 Å². The first-order valence-corrected chi connectivity index (χ1v) is 11.7. The van der Waals surface area contributed by atoms with E-state index in [2.05, 4.69) is 5.32 Å². The highest BCUT2D eigenvalue weighted by atomic mass is 35.5. The number of carbonyl (C=O) groups is 1. The predicted molar refractivity (Wildman–Crippen MR) is 138 cm³/mol. The summed E-state index contributed by atoms with van der Waals surface area (Å²) in [7, 11) is 1.63. The van der Waals surface area contributed by atoms with Crippen LogP contribution < -0.4 is 10.1 Å². The Morgan fingerprint density at radius 1 is 1.00 bits per heavy atom. The molecular formula is C27H25Cl2N3O2. The molecule has 34 heavy (non-hydrogen) atoms. The van der Waals surface area contributed by atoms with E-state index in [0.717, 1.165) is 33.7 Å². The number of rotatable bonds is 7. The van der Waals surface area contributed by atoms with Gasteiger partial charge >= 0.3 is 0 Å². The van der Waals surface area contributed by atoms with Crippen molar-refractivity contribution >= 4 is 29.1 Å². The quantitative estimate of drug-likeness (QED) is 0.322. The number of halogens is 2. The molecule has 0 bridgehead atoms. The van der Waals surface area contributed by atoms with Gasteiger partial charge in [-0.3, -0.25) is 4.79 Å². The number of nitrogens with zero attached hydrogens (tertiary/aromatic N) is 2. The van der Waals surface area contributed by atoms with Gasteiger partial charge < -0.3 is 10.1 Å². The van der Waals surface area contributed by atoms with Crippen LogP contribution in [-0.2, 0) is 6.42 Å². The minimum absolute atomic E-state index is 0.210. The molecular weight excluding hydrogens is 469 g/mol. The fraction of sp³-hybridized carbons (Fsp3) is 0.185. The van der Waals surface area contributed by atoms with Crippen molar-refractivity contribution < 1.29 is 9.53 Å². The average Bonchev–Trinajstić information content (AvgIpc) is 3.27. The van der Waals surface area contributed by atoms with Gasteiger partial charge in [-0.25, -0.2) is 4.68 Å². The number of aryl methyl sites for hydroxylation is 2. The maximum absolute atomic E-state index is 13.3. The Morgan fingerprint density at radius 3 is 2.47 bits per heavy atom. The molecule has 0 aliphatic heterocycles. The largest absolute Gasteiger partial charge is 0.497 e. The van der Waals surface area contributed by atoms with Crippen molar-refractivity contribution in [2.75, 3.05) is 13.7 Å². The summed E-state index contributed by atoms with van der Waals surface area (Å²) < 4.78 is 6.97. The van der Waals surface area contributed by atoms with E-state index in [1.54, 1.807) is 23.9 Å². The second-order valence-electron chi connectivity index (χ2n) is 8.09. The van der Waals surface area contributed by atoms with Gasteiger partial charge in [-0.2, -0.15) is 5.10 Å². The maximum atomic E-state index is 13.3. The molecule has 0 atom stereocenters. The number of carbonyl (C=O) groups excluding carboxylic acids is 1. The average molecular weight is 494 g/mol. The summed E-state index contributed by atoms with van der Waals surface area (Å²) in [5.74, 6) is 0.551. The summed E-state index contributed by atoms with van der Waals surface area (Å²) in [6.45, 7) is 4.45. The second-order valence-corrected chi connectivity index (χ2v) is 8.93. The van der Waals surface area contributed by atoms with Crippen LogP contribution in [0.2, 0.25) is 10.0 Å². The van der Waals surface area contributed by atoms with Crippen LogP contribution in [0.25, 0.3) is 16.9 Å². The predicted octanol–water partition coefficient (Wildman–Crippen LogP) is 6.44. The molecule has 1 aromatic heterocycles. The van der Waals surface area contributed by atoms with E-state index in [4.69, 9.17) is 33.0 Å². The Morgan fingerprint density at radius 2 is 1.76 bits per heavy atom. The number of ether oxygens (including phenoxy) is 1. The van der Waals surface area contributed by atoms with E-state index < -0.39 is 0 Å². The first-order valence-electron chi connectivity index (χ1n) is 10.9. The smallest absolute Gasteiger partial charge is 0.270 e. The van der Waals surface area contributed by atoms with Gasteiger partial charge in [0.1, 0.15) is 11.4 Å². The first kappa shape index (κ1) is 23.9. The van der Waals surface area contributed by atoms with Gasteiger partial charge in [-0.15, -0.1) is 0 Å². The van der Waals surface area contributed by atoms with Crippen molar-refractivity contribution in [3.05, 3.63) is 99.2 Å². The molecule has 3 aromatic carbocycles. The van der Waals surface area contributed by atoms with Crippen LogP contribution in [-0.4, -0.2) is 29.3 Å². The molecule has 0 saturated heterocycles. The molecule has 0 saturated carbocycles. The van der Waals surface area contributed by atoms with Gasteiger partial charge in [-0.05, 0) is 85.5 Å². The molecule has 0 aliphatic carbocycles. The van der Waals surface area contributed by atoms with Crippen molar-refractivity contribution in [2.45, 2.75) is 20.3 Å². The summed E-state index contributed by atoms with van der Waals surface area (Å²) in [5, 5.41) is 8.98. The van der Waals surface area contributed by atoms with Crippen molar-refractivity contribution in [3.63, 3.8) is 0 Å². The molecule has 0 fully saturated rings. The Kier molecular flexibility index (Phi) is 7.25. The van der Waals surface area contributed by atoms with Gasteiger partial charge in [0.2, 0.25) is 0 Å². The molecule has 4 rings (SSSR count). The molecule has 0 radical (unpaired) electrons. The van der Waals surface area contributed by atoms with Gasteiger partial charge in [0.25, 0.3) is 5.91 Å². The van der Waals surface area contributed by atoms with Crippen LogP contribution in [0.4, 0.5) is 0 Å². The molecule has 1 amide bonds. The molecule has 0 unspecified atom stereocenters. The summed E-state index contributed by atoms with van der Waals surface area (Å²) in [5.41, 5.74) is 5.96. The number of amides is 1. The number of nitrogens with one attached hydrogen (secondary N) is 1. The van der Waals surface area contributed by atoms with Crippen molar-refractivity contribution in [1.82, 2.24) is 15.1 Å². The Balaban J connectivity index is 1.64. The fourth-order valence-electron chi connectivity index (χ4n) is 3.70.